The molecular weight excluding hydrogens is 288 g/mol. The third-order valence-corrected chi connectivity index (χ3v) is 4.07. The average molecular weight is 303 g/mol. The molecule has 0 unspecified atom stereocenters. The number of aryl methyl sites for hydroxylation is 1. The summed E-state index contributed by atoms with van der Waals surface area (Å²) in [5, 5.41) is 3.51. The molecular formula is C15H15BrN2. The Balaban J connectivity index is 1.96. The maximum absolute atomic E-state index is 4.09. The van der Waals surface area contributed by atoms with Gasteiger partial charge in [0.15, 0.2) is 0 Å². The first kappa shape index (κ1) is 11.7. The molecule has 1 N–H and O–H groups in total. The zero-order valence-corrected chi connectivity index (χ0v) is 11.7. The van der Waals surface area contributed by atoms with Crippen molar-refractivity contribution < 1.29 is 0 Å². The van der Waals surface area contributed by atoms with E-state index in [0.29, 0.717) is 0 Å². The van der Waals surface area contributed by atoms with Crippen LogP contribution in [0.25, 0.3) is 0 Å². The lowest BCUT2D eigenvalue weighted by molar-refractivity contribution is 0.687. The Hall–Kier alpha value is -1.35. The quantitative estimate of drug-likeness (QED) is 0.885. The van der Waals surface area contributed by atoms with E-state index >= 15 is 0 Å². The van der Waals surface area contributed by atoms with E-state index in [-0.39, 0.29) is 0 Å². The molecule has 1 aromatic carbocycles. The number of benzene rings is 1. The van der Waals surface area contributed by atoms with Crippen molar-refractivity contribution in [1.82, 2.24) is 4.98 Å². The topological polar surface area (TPSA) is 24.9 Å². The molecule has 0 saturated heterocycles. The molecule has 1 heterocycles. The molecule has 0 aliphatic heterocycles. The normalized spacial score (nSPS) is 14.1. The summed E-state index contributed by atoms with van der Waals surface area (Å²) in [6.07, 6.45) is 8.63. The Morgan fingerprint density at radius 3 is 2.83 bits per heavy atom. The van der Waals surface area contributed by atoms with Crippen LogP contribution in [0.3, 0.4) is 0 Å². The van der Waals surface area contributed by atoms with Crippen LogP contribution < -0.4 is 5.32 Å². The van der Waals surface area contributed by atoms with Gasteiger partial charge in [-0.15, -0.1) is 0 Å². The number of hydrogen-bond acceptors (Lipinski definition) is 2. The van der Waals surface area contributed by atoms with Gasteiger partial charge in [-0.05, 0) is 64.9 Å². The van der Waals surface area contributed by atoms with Crippen LogP contribution in [0.2, 0.25) is 0 Å². The minimum atomic E-state index is 0.999. The van der Waals surface area contributed by atoms with Crippen molar-refractivity contribution in [2.75, 3.05) is 5.32 Å². The molecule has 0 spiro atoms. The summed E-state index contributed by atoms with van der Waals surface area (Å²) in [6.45, 7) is 0. The van der Waals surface area contributed by atoms with Gasteiger partial charge >= 0.3 is 0 Å². The molecule has 18 heavy (non-hydrogen) atoms. The molecule has 1 aliphatic rings. The van der Waals surface area contributed by atoms with Gasteiger partial charge in [-0.3, -0.25) is 4.98 Å². The molecule has 1 aromatic heterocycles. The molecule has 1 aliphatic carbocycles. The van der Waals surface area contributed by atoms with E-state index < -0.39 is 0 Å². The Bertz CT molecular complexity index is 566. The number of hydrogen-bond donors (Lipinski definition) is 1. The second-order valence-electron chi connectivity index (χ2n) is 4.63. The van der Waals surface area contributed by atoms with Gasteiger partial charge in [0, 0.05) is 18.1 Å². The molecule has 0 bridgehead atoms. The predicted molar refractivity (Wildman–Crippen MR) is 78.3 cm³/mol. The zero-order valence-electron chi connectivity index (χ0n) is 10.1. The van der Waals surface area contributed by atoms with Gasteiger partial charge in [-0.25, -0.2) is 0 Å². The van der Waals surface area contributed by atoms with Crippen molar-refractivity contribution in [2.45, 2.75) is 25.7 Å². The standard InChI is InChI=1S/C15H15BrN2/c16-13-10-17-9-8-15(13)18-14-7-3-5-11-4-1-2-6-12(11)14/h3,5,7-10H,1-2,4,6H2,(H,17,18). The van der Waals surface area contributed by atoms with Gasteiger partial charge in [-0.1, -0.05) is 12.1 Å². The predicted octanol–water partition coefficient (Wildman–Crippen LogP) is 4.47. The smallest absolute Gasteiger partial charge is 0.0593 e. The number of pyridine rings is 1. The average Bonchev–Trinajstić information content (AvgIpc) is 2.42. The highest BCUT2D eigenvalue weighted by Crippen LogP contribution is 2.31. The lowest BCUT2D eigenvalue weighted by Crippen LogP contribution is -2.06. The molecule has 2 aromatic rings. The van der Waals surface area contributed by atoms with Gasteiger partial charge in [-0.2, -0.15) is 0 Å². The van der Waals surface area contributed by atoms with E-state index in [1.54, 1.807) is 0 Å². The van der Waals surface area contributed by atoms with Gasteiger partial charge in [0.2, 0.25) is 0 Å². The van der Waals surface area contributed by atoms with Gasteiger partial charge in [0.05, 0.1) is 10.2 Å². The molecule has 3 rings (SSSR count). The minimum Gasteiger partial charge on any atom is -0.354 e. The SMILES string of the molecule is Brc1cnccc1Nc1cccc2c1CCCC2. The van der Waals surface area contributed by atoms with Gasteiger partial charge in [0.25, 0.3) is 0 Å². The molecule has 3 heteroatoms. The van der Waals surface area contributed by atoms with Crippen LogP contribution in [0, 0.1) is 0 Å². The summed E-state index contributed by atoms with van der Waals surface area (Å²) in [6, 6.07) is 8.55. The van der Waals surface area contributed by atoms with Crippen molar-refractivity contribution in [3.63, 3.8) is 0 Å². The largest absolute Gasteiger partial charge is 0.354 e. The number of anilines is 2. The third-order valence-electron chi connectivity index (χ3n) is 3.44. The first-order chi connectivity index (χ1) is 8.84. The second-order valence-corrected chi connectivity index (χ2v) is 5.49. The summed E-state index contributed by atoms with van der Waals surface area (Å²) in [4.78, 5) is 4.09. The fraction of sp³-hybridized carbons (Fsp3) is 0.267. The fourth-order valence-corrected chi connectivity index (χ4v) is 2.87. The Morgan fingerprint density at radius 2 is 1.94 bits per heavy atom. The Labute approximate surface area is 116 Å². The summed E-state index contributed by atoms with van der Waals surface area (Å²) >= 11 is 3.52. The number of aromatic nitrogens is 1. The number of halogens is 1. The monoisotopic (exact) mass is 302 g/mol. The first-order valence-electron chi connectivity index (χ1n) is 6.32. The molecule has 0 saturated carbocycles. The highest BCUT2D eigenvalue weighted by Gasteiger charge is 2.13. The van der Waals surface area contributed by atoms with Crippen molar-refractivity contribution in [3.05, 3.63) is 52.3 Å². The molecule has 2 nitrogen and oxygen atoms in total. The highest BCUT2D eigenvalue weighted by molar-refractivity contribution is 9.10. The van der Waals surface area contributed by atoms with E-state index in [4.69, 9.17) is 0 Å². The molecule has 0 radical (unpaired) electrons. The third kappa shape index (κ3) is 2.27. The maximum Gasteiger partial charge on any atom is 0.0593 e. The summed E-state index contributed by atoms with van der Waals surface area (Å²) < 4.78 is 0.999. The van der Waals surface area contributed by atoms with E-state index in [9.17, 15) is 0 Å². The summed E-state index contributed by atoms with van der Waals surface area (Å²) in [5.41, 5.74) is 5.28. The van der Waals surface area contributed by atoms with E-state index in [1.807, 2.05) is 18.5 Å². The fourth-order valence-electron chi connectivity index (χ4n) is 2.52. The lowest BCUT2D eigenvalue weighted by Gasteiger charge is -2.20. The van der Waals surface area contributed by atoms with Crippen LogP contribution in [0.15, 0.2) is 41.1 Å². The Kier molecular flexibility index (Phi) is 3.33. The maximum atomic E-state index is 4.09. The number of nitrogens with zero attached hydrogens (tertiary/aromatic N) is 1. The molecule has 0 amide bonds. The number of nitrogens with one attached hydrogen (secondary N) is 1. The summed E-state index contributed by atoms with van der Waals surface area (Å²) in [7, 11) is 0. The summed E-state index contributed by atoms with van der Waals surface area (Å²) in [5.74, 6) is 0. The van der Waals surface area contributed by atoms with Crippen LogP contribution in [0.1, 0.15) is 24.0 Å². The zero-order chi connectivity index (χ0) is 12.4. The number of rotatable bonds is 2. The van der Waals surface area contributed by atoms with E-state index in [0.717, 1.165) is 10.2 Å². The van der Waals surface area contributed by atoms with Crippen LogP contribution in [0.5, 0.6) is 0 Å². The van der Waals surface area contributed by atoms with Crippen molar-refractivity contribution >= 4 is 27.3 Å². The lowest BCUT2D eigenvalue weighted by atomic mass is 9.90. The van der Waals surface area contributed by atoms with Crippen molar-refractivity contribution in [1.29, 1.82) is 0 Å². The van der Waals surface area contributed by atoms with Crippen LogP contribution in [-0.4, -0.2) is 4.98 Å². The van der Waals surface area contributed by atoms with E-state index in [1.165, 1.54) is 42.5 Å². The van der Waals surface area contributed by atoms with E-state index in [2.05, 4.69) is 44.4 Å². The van der Waals surface area contributed by atoms with Crippen LogP contribution in [0.4, 0.5) is 11.4 Å². The molecule has 0 atom stereocenters. The number of fused-ring (bicyclic) bond motifs is 1. The van der Waals surface area contributed by atoms with Crippen molar-refractivity contribution in [2.24, 2.45) is 0 Å². The second kappa shape index (κ2) is 5.11. The first-order valence-corrected chi connectivity index (χ1v) is 7.11. The van der Waals surface area contributed by atoms with Gasteiger partial charge < -0.3 is 5.32 Å². The van der Waals surface area contributed by atoms with Crippen LogP contribution in [-0.2, 0) is 12.8 Å². The van der Waals surface area contributed by atoms with Gasteiger partial charge in [0.1, 0.15) is 0 Å². The minimum absolute atomic E-state index is 0.999. The Morgan fingerprint density at radius 1 is 1.06 bits per heavy atom. The molecule has 0 fully saturated rings. The highest BCUT2D eigenvalue weighted by atomic mass is 79.9. The van der Waals surface area contributed by atoms with Crippen LogP contribution >= 0.6 is 15.9 Å². The molecule has 92 valence electrons. The van der Waals surface area contributed by atoms with Crippen molar-refractivity contribution in [3.8, 4) is 0 Å².